The summed E-state index contributed by atoms with van der Waals surface area (Å²) in [6.07, 6.45) is 0.964. The molecule has 1 N–H and O–H groups in total. The number of phenols is 1. The van der Waals surface area contributed by atoms with Crippen LogP contribution in [0.25, 0.3) is 0 Å². The van der Waals surface area contributed by atoms with E-state index in [1.165, 1.54) is 22.4 Å². The Morgan fingerprint density at radius 2 is 1.76 bits per heavy atom. The molecule has 0 aromatic heterocycles. The Bertz CT molecular complexity index is 1010. The fourth-order valence-electron chi connectivity index (χ4n) is 4.52. The van der Waals surface area contributed by atoms with E-state index in [0.29, 0.717) is 5.92 Å². The monoisotopic (exact) mass is 387 g/mol. The van der Waals surface area contributed by atoms with Crippen LogP contribution in [-0.4, -0.2) is 18.8 Å². The number of fused-ring (bicyclic) bond motifs is 1. The highest BCUT2D eigenvalue weighted by molar-refractivity contribution is 5.61. The van der Waals surface area contributed by atoms with E-state index in [1.54, 1.807) is 19.2 Å². The molecule has 0 saturated carbocycles. The highest BCUT2D eigenvalue weighted by Crippen LogP contribution is 2.45. The first kappa shape index (κ1) is 19.4. The lowest BCUT2D eigenvalue weighted by Gasteiger charge is -2.48. The van der Waals surface area contributed by atoms with Crippen molar-refractivity contribution in [3.05, 3.63) is 89.0 Å². The molecule has 3 nitrogen and oxygen atoms in total. The lowest BCUT2D eigenvalue weighted by atomic mass is 9.76. The van der Waals surface area contributed by atoms with E-state index in [9.17, 15) is 5.11 Å². The predicted octanol–water partition coefficient (Wildman–Crippen LogP) is 5.85. The standard InChI is InChI=1S/C26H29NO2/c1-18(2)19-6-5-7-22(16-19)27-15-14-20-17-24(29-4)12-13-25(20)26(27,3)21-8-10-23(28)11-9-21/h5-13,16-18,28H,14-15H2,1-4H3. The molecule has 1 atom stereocenters. The molecule has 3 aromatic rings. The SMILES string of the molecule is COc1ccc2c(c1)CCN(c1cccc(C(C)C)c1)C2(C)c1ccc(O)cc1. The zero-order valence-electron chi connectivity index (χ0n) is 17.6. The maximum absolute atomic E-state index is 9.85. The van der Waals surface area contributed by atoms with E-state index in [0.717, 1.165) is 24.3 Å². The van der Waals surface area contributed by atoms with Crippen molar-refractivity contribution in [2.75, 3.05) is 18.6 Å². The minimum Gasteiger partial charge on any atom is -0.508 e. The largest absolute Gasteiger partial charge is 0.508 e. The molecule has 0 spiro atoms. The van der Waals surface area contributed by atoms with Crippen molar-refractivity contribution >= 4 is 5.69 Å². The minimum atomic E-state index is -0.344. The molecule has 0 aliphatic carbocycles. The summed E-state index contributed by atoms with van der Waals surface area (Å²) >= 11 is 0. The summed E-state index contributed by atoms with van der Waals surface area (Å²) in [4.78, 5) is 2.50. The van der Waals surface area contributed by atoms with Gasteiger partial charge in [-0.3, -0.25) is 0 Å². The first-order valence-electron chi connectivity index (χ1n) is 10.3. The number of nitrogens with zero attached hydrogens (tertiary/aromatic N) is 1. The predicted molar refractivity (Wildman–Crippen MR) is 119 cm³/mol. The molecular weight excluding hydrogens is 358 g/mol. The molecule has 4 rings (SSSR count). The van der Waals surface area contributed by atoms with E-state index in [4.69, 9.17) is 4.74 Å². The number of hydrogen-bond acceptors (Lipinski definition) is 3. The van der Waals surface area contributed by atoms with Gasteiger partial charge >= 0.3 is 0 Å². The molecule has 1 heterocycles. The van der Waals surface area contributed by atoms with Gasteiger partial charge in [-0.2, -0.15) is 0 Å². The number of ether oxygens (including phenoxy) is 1. The fourth-order valence-corrected chi connectivity index (χ4v) is 4.52. The summed E-state index contributed by atoms with van der Waals surface area (Å²) in [5.41, 5.74) is 5.99. The summed E-state index contributed by atoms with van der Waals surface area (Å²) in [6, 6.07) is 22.9. The lowest BCUT2D eigenvalue weighted by molar-refractivity contribution is 0.411. The van der Waals surface area contributed by atoms with Crippen LogP contribution in [0.5, 0.6) is 11.5 Å². The number of rotatable bonds is 4. The van der Waals surface area contributed by atoms with Crippen molar-refractivity contribution in [1.29, 1.82) is 0 Å². The van der Waals surface area contributed by atoms with Crippen LogP contribution in [0, 0.1) is 0 Å². The van der Waals surface area contributed by atoms with Crippen LogP contribution in [0.15, 0.2) is 66.7 Å². The quantitative estimate of drug-likeness (QED) is 0.609. The van der Waals surface area contributed by atoms with Crippen LogP contribution in [0.3, 0.4) is 0 Å². The maximum atomic E-state index is 9.85. The summed E-state index contributed by atoms with van der Waals surface area (Å²) in [5, 5.41) is 9.85. The molecule has 3 aromatic carbocycles. The Labute approximate surface area is 173 Å². The van der Waals surface area contributed by atoms with Crippen molar-refractivity contribution in [2.24, 2.45) is 0 Å². The number of aromatic hydroxyl groups is 1. The summed E-state index contributed by atoms with van der Waals surface area (Å²) < 4.78 is 5.48. The second kappa shape index (κ2) is 7.47. The van der Waals surface area contributed by atoms with E-state index in [2.05, 4.69) is 62.1 Å². The first-order valence-corrected chi connectivity index (χ1v) is 10.3. The fraction of sp³-hybridized carbons (Fsp3) is 0.308. The van der Waals surface area contributed by atoms with Gasteiger partial charge in [-0.15, -0.1) is 0 Å². The van der Waals surface area contributed by atoms with E-state index in [1.807, 2.05) is 18.2 Å². The Balaban J connectivity index is 1.91. The third-order valence-electron chi connectivity index (χ3n) is 6.26. The Morgan fingerprint density at radius 1 is 1.00 bits per heavy atom. The molecule has 1 aliphatic heterocycles. The highest BCUT2D eigenvalue weighted by Gasteiger charge is 2.40. The van der Waals surface area contributed by atoms with Crippen molar-refractivity contribution in [3.63, 3.8) is 0 Å². The van der Waals surface area contributed by atoms with Crippen LogP contribution in [0.4, 0.5) is 5.69 Å². The molecule has 150 valence electrons. The molecule has 0 saturated heterocycles. The van der Waals surface area contributed by atoms with E-state index in [-0.39, 0.29) is 11.3 Å². The van der Waals surface area contributed by atoms with Crippen LogP contribution in [0.1, 0.15) is 48.9 Å². The molecular formula is C26H29NO2. The van der Waals surface area contributed by atoms with Gasteiger partial charge in [-0.25, -0.2) is 0 Å². The molecule has 3 heteroatoms. The number of methoxy groups -OCH3 is 1. The van der Waals surface area contributed by atoms with Gasteiger partial charge in [0.2, 0.25) is 0 Å². The van der Waals surface area contributed by atoms with E-state index >= 15 is 0 Å². The smallest absolute Gasteiger partial charge is 0.119 e. The van der Waals surface area contributed by atoms with Crippen molar-refractivity contribution in [2.45, 2.75) is 38.6 Å². The molecule has 0 bridgehead atoms. The second-order valence-electron chi connectivity index (χ2n) is 8.29. The molecule has 0 fully saturated rings. The van der Waals surface area contributed by atoms with Crippen LogP contribution in [0.2, 0.25) is 0 Å². The average Bonchev–Trinajstić information content (AvgIpc) is 2.74. The number of benzene rings is 3. The first-order chi connectivity index (χ1) is 13.9. The summed E-state index contributed by atoms with van der Waals surface area (Å²) in [6.45, 7) is 7.66. The summed E-state index contributed by atoms with van der Waals surface area (Å²) in [5.74, 6) is 1.67. The van der Waals surface area contributed by atoms with Gasteiger partial charge < -0.3 is 14.7 Å². The number of phenolic OH excluding ortho intramolecular Hbond substituents is 1. The van der Waals surface area contributed by atoms with Gasteiger partial charge in [0.05, 0.1) is 12.6 Å². The van der Waals surface area contributed by atoms with Gasteiger partial charge in [-0.1, -0.05) is 44.2 Å². The Kier molecular flexibility index (Phi) is 4.99. The van der Waals surface area contributed by atoms with Crippen LogP contribution in [-0.2, 0) is 12.0 Å². The Morgan fingerprint density at radius 3 is 2.45 bits per heavy atom. The molecule has 29 heavy (non-hydrogen) atoms. The van der Waals surface area contributed by atoms with Crippen LogP contribution >= 0.6 is 0 Å². The van der Waals surface area contributed by atoms with Crippen molar-refractivity contribution < 1.29 is 9.84 Å². The second-order valence-corrected chi connectivity index (χ2v) is 8.29. The van der Waals surface area contributed by atoms with Crippen LogP contribution < -0.4 is 9.64 Å². The third-order valence-corrected chi connectivity index (χ3v) is 6.26. The molecule has 0 amide bonds. The molecule has 1 unspecified atom stereocenters. The van der Waals surface area contributed by atoms with Gasteiger partial charge in [0.25, 0.3) is 0 Å². The highest BCUT2D eigenvalue weighted by atomic mass is 16.5. The zero-order valence-corrected chi connectivity index (χ0v) is 17.6. The van der Waals surface area contributed by atoms with Crippen molar-refractivity contribution in [3.8, 4) is 11.5 Å². The normalized spacial score (nSPS) is 18.6. The molecule has 1 aliphatic rings. The van der Waals surface area contributed by atoms with Gasteiger partial charge in [0.15, 0.2) is 0 Å². The zero-order chi connectivity index (χ0) is 20.6. The topological polar surface area (TPSA) is 32.7 Å². The molecule has 0 radical (unpaired) electrons. The number of anilines is 1. The van der Waals surface area contributed by atoms with Gasteiger partial charge in [-0.05, 0) is 77.9 Å². The Hall–Kier alpha value is -2.94. The lowest BCUT2D eigenvalue weighted by Crippen LogP contribution is -2.49. The third kappa shape index (κ3) is 3.35. The van der Waals surface area contributed by atoms with Crippen molar-refractivity contribution in [1.82, 2.24) is 0 Å². The van der Waals surface area contributed by atoms with E-state index < -0.39 is 0 Å². The average molecular weight is 388 g/mol. The summed E-state index contributed by atoms with van der Waals surface area (Å²) in [7, 11) is 1.72. The maximum Gasteiger partial charge on any atom is 0.119 e. The van der Waals surface area contributed by atoms with Gasteiger partial charge in [0, 0.05) is 12.2 Å². The van der Waals surface area contributed by atoms with Gasteiger partial charge in [0.1, 0.15) is 11.5 Å². The number of hydrogen-bond donors (Lipinski definition) is 1. The minimum absolute atomic E-state index is 0.288.